The zero-order valence-corrected chi connectivity index (χ0v) is 8.76. The molecule has 0 aliphatic heterocycles. The molecule has 1 aromatic heterocycles. The van der Waals surface area contributed by atoms with Gasteiger partial charge in [0.05, 0.1) is 5.69 Å². The van der Waals surface area contributed by atoms with E-state index in [0.717, 1.165) is 11.3 Å². The first kappa shape index (κ1) is 9.50. The van der Waals surface area contributed by atoms with Crippen molar-refractivity contribution >= 4 is 23.2 Å². The highest BCUT2D eigenvalue weighted by atomic mass is 35.5. The Hall–Kier alpha value is -1.05. The molecule has 0 atom stereocenters. The fraction of sp³-hybridized carbons (Fsp3) is 0. The number of halogens is 2. The average Bonchev–Trinajstić information content (AvgIpc) is 2.18. The third-order valence-electron chi connectivity index (χ3n) is 1.82. The molecule has 0 spiro atoms. The Kier molecular flexibility index (Phi) is 2.71. The van der Waals surface area contributed by atoms with Gasteiger partial charge in [0.2, 0.25) is 0 Å². The van der Waals surface area contributed by atoms with Crippen LogP contribution in [0.15, 0.2) is 42.6 Å². The van der Waals surface area contributed by atoms with E-state index in [1.54, 1.807) is 12.3 Å². The molecule has 0 bridgehead atoms. The molecule has 3 heteroatoms. The van der Waals surface area contributed by atoms with Crippen molar-refractivity contribution in [3.05, 3.63) is 52.6 Å². The van der Waals surface area contributed by atoms with Crippen LogP contribution in [0.1, 0.15) is 0 Å². The van der Waals surface area contributed by atoms with Gasteiger partial charge in [0.1, 0.15) is 0 Å². The minimum absolute atomic E-state index is 0.623. The minimum atomic E-state index is 0.623. The largest absolute Gasteiger partial charge is 0.256 e. The van der Waals surface area contributed by atoms with Gasteiger partial charge in [-0.15, -0.1) is 0 Å². The summed E-state index contributed by atoms with van der Waals surface area (Å²) < 4.78 is 0. The summed E-state index contributed by atoms with van der Waals surface area (Å²) in [5.74, 6) is 0. The SMILES string of the molecule is Clc1cc(Cl)cc(-c2ccccn2)c1. The van der Waals surface area contributed by atoms with Gasteiger partial charge in [-0.3, -0.25) is 4.98 Å². The summed E-state index contributed by atoms with van der Waals surface area (Å²) in [7, 11) is 0. The third-order valence-corrected chi connectivity index (χ3v) is 2.26. The van der Waals surface area contributed by atoms with Crippen molar-refractivity contribution in [2.75, 3.05) is 0 Å². The Labute approximate surface area is 92.3 Å². The van der Waals surface area contributed by atoms with Gasteiger partial charge in [-0.25, -0.2) is 0 Å². The Balaban J connectivity index is 2.52. The van der Waals surface area contributed by atoms with Crippen LogP contribution in [0, 0.1) is 0 Å². The van der Waals surface area contributed by atoms with E-state index in [1.807, 2.05) is 30.3 Å². The fourth-order valence-corrected chi connectivity index (χ4v) is 1.76. The highest BCUT2D eigenvalue weighted by Gasteiger charge is 2.01. The van der Waals surface area contributed by atoms with Crippen LogP contribution in [-0.2, 0) is 0 Å². The molecule has 2 aromatic rings. The monoisotopic (exact) mass is 223 g/mol. The quantitative estimate of drug-likeness (QED) is 0.711. The van der Waals surface area contributed by atoms with Crippen molar-refractivity contribution in [3.8, 4) is 11.3 Å². The van der Waals surface area contributed by atoms with Crippen molar-refractivity contribution in [2.24, 2.45) is 0 Å². The lowest BCUT2D eigenvalue weighted by Crippen LogP contribution is -1.81. The molecular formula is C11H7Cl2N. The highest BCUT2D eigenvalue weighted by molar-refractivity contribution is 6.35. The fourth-order valence-electron chi connectivity index (χ4n) is 1.24. The topological polar surface area (TPSA) is 12.9 Å². The predicted molar refractivity (Wildman–Crippen MR) is 59.7 cm³/mol. The summed E-state index contributed by atoms with van der Waals surface area (Å²) in [4.78, 5) is 4.21. The van der Waals surface area contributed by atoms with Crippen LogP contribution in [0.4, 0.5) is 0 Å². The molecule has 1 heterocycles. The maximum Gasteiger partial charge on any atom is 0.0702 e. The third kappa shape index (κ3) is 2.06. The number of hydrogen-bond acceptors (Lipinski definition) is 1. The van der Waals surface area contributed by atoms with Gasteiger partial charge in [0.25, 0.3) is 0 Å². The summed E-state index contributed by atoms with van der Waals surface area (Å²) in [5.41, 5.74) is 1.81. The molecule has 70 valence electrons. The van der Waals surface area contributed by atoms with Gasteiger partial charge < -0.3 is 0 Å². The smallest absolute Gasteiger partial charge is 0.0702 e. The van der Waals surface area contributed by atoms with Crippen LogP contribution in [0.25, 0.3) is 11.3 Å². The number of pyridine rings is 1. The van der Waals surface area contributed by atoms with E-state index in [2.05, 4.69) is 4.98 Å². The van der Waals surface area contributed by atoms with Crippen LogP contribution < -0.4 is 0 Å². The molecule has 0 aliphatic carbocycles. The van der Waals surface area contributed by atoms with E-state index in [-0.39, 0.29) is 0 Å². The molecular weight excluding hydrogens is 217 g/mol. The van der Waals surface area contributed by atoms with E-state index >= 15 is 0 Å². The van der Waals surface area contributed by atoms with Crippen LogP contribution in [-0.4, -0.2) is 4.98 Å². The first-order chi connectivity index (χ1) is 6.75. The first-order valence-corrected chi connectivity index (χ1v) is 4.89. The van der Waals surface area contributed by atoms with Crippen molar-refractivity contribution in [1.82, 2.24) is 4.98 Å². The average molecular weight is 224 g/mol. The zero-order chi connectivity index (χ0) is 9.97. The van der Waals surface area contributed by atoms with E-state index < -0.39 is 0 Å². The van der Waals surface area contributed by atoms with Crippen LogP contribution >= 0.6 is 23.2 Å². The number of rotatable bonds is 1. The summed E-state index contributed by atoms with van der Waals surface area (Å²) in [6.45, 7) is 0. The molecule has 14 heavy (non-hydrogen) atoms. The van der Waals surface area contributed by atoms with Gasteiger partial charge in [-0.05, 0) is 30.3 Å². The zero-order valence-electron chi connectivity index (χ0n) is 7.24. The summed E-state index contributed by atoms with van der Waals surface area (Å²) >= 11 is 11.8. The van der Waals surface area contributed by atoms with Crippen molar-refractivity contribution in [1.29, 1.82) is 0 Å². The van der Waals surface area contributed by atoms with Crippen LogP contribution in [0.2, 0.25) is 10.0 Å². The van der Waals surface area contributed by atoms with Gasteiger partial charge in [0, 0.05) is 21.8 Å². The van der Waals surface area contributed by atoms with E-state index in [9.17, 15) is 0 Å². The number of benzene rings is 1. The van der Waals surface area contributed by atoms with Crippen molar-refractivity contribution in [3.63, 3.8) is 0 Å². The maximum atomic E-state index is 5.89. The molecule has 0 saturated heterocycles. The Morgan fingerprint density at radius 1 is 0.929 bits per heavy atom. The second-order valence-corrected chi connectivity index (χ2v) is 3.75. The van der Waals surface area contributed by atoms with Gasteiger partial charge in [-0.1, -0.05) is 29.3 Å². The molecule has 1 aromatic carbocycles. The normalized spacial score (nSPS) is 10.1. The van der Waals surface area contributed by atoms with E-state index in [0.29, 0.717) is 10.0 Å². The molecule has 0 aliphatic rings. The number of hydrogen-bond donors (Lipinski definition) is 0. The highest BCUT2D eigenvalue weighted by Crippen LogP contribution is 2.25. The molecule has 0 saturated carbocycles. The lowest BCUT2D eigenvalue weighted by Gasteiger charge is -2.01. The predicted octanol–water partition coefficient (Wildman–Crippen LogP) is 4.06. The lowest BCUT2D eigenvalue weighted by atomic mass is 10.1. The van der Waals surface area contributed by atoms with Gasteiger partial charge in [-0.2, -0.15) is 0 Å². The summed E-state index contributed by atoms with van der Waals surface area (Å²) in [5, 5.41) is 1.25. The lowest BCUT2D eigenvalue weighted by molar-refractivity contribution is 1.33. The minimum Gasteiger partial charge on any atom is -0.256 e. The number of aromatic nitrogens is 1. The Morgan fingerprint density at radius 3 is 2.21 bits per heavy atom. The van der Waals surface area contributed by atoms with Crippen LogP contribution in [0.5, 0.6) is 0 Å². The summed E-state index contributed by atoms with van der Waals surface area (Å²) in [6.07, 6.45) is 1.74. The molecule has 1 nitrogen and oxygen atoms in total. The first-order valence-electron chi connectivity index (χ1n) is 4.13. The molecule has 0 unspecified atom stereocenters. The van der Waals surface area contributed by atoms with E-state index in [1.165, 1.54) is 0 Å². The molecule has 0 radical (unpaired) electrons. The second-order valence-electron chi connectivity index (χ2n) is 2.87. The Morgan fingerprint density at radius 2 is 1.64 bits per heavy atom. The van der Waals surface area contributed by atoms with Gasteiger partial charge in [0.15, 0.2) is 0 Å². The van der Waals surface area contributed by atoms with Crippen LogP contribution in [0.3, 0.4) is 0 Å². The molecule has 0 fully saturated rings. The molecule has 2 rings (SSSR count). The number of nitrogens with zero attached hydrogens (tertiary/aromatic N) is 1. The maximum absolute atomic E-state index is 5.89. The van der Waals surface area contributed by atoms with Crippen molar-refractivity contribution in [2.45, 2.75) is 0 Å². The van der Waals surface area contributed by atoms with Crippen molar-refractivity contribution < 1.29 is 0 Å². The standard InChI is InChI=1S/C11H7Cl2N/c12-9-5-8(6-10(13)7-9)11-3-1-2-4-14-11/h1-7H. The van der Waals surface area contributed by atoms with Gasteiger partial charge >= 0.3 is 0 Å². The summed E-state index contributed by atoms with van der Waals surface area (Å²) in [6, 6.07) is 11.1. The molecule has 0 amide bonds. The second kappa shape index (κ2) is 3.99. The molecule has 0 N–H and O–H groups in total. The Bertz CT molecular complexity index is 420. The van der Waals surface area contributed by atoms with E-state index in [4.69, 9.17) is 23.2 Å².